The van der Waals surface area contributed by atoms with Crippen LogP contribution in [0.25, 0.3) is 0 Å². The zero-order valence-corrected chi connectivity index (χ0v) is 13.7. The Hall–Kier alpha value is -1.35. The second kappa shape index (κ2) is 6.89. The van der Waals surface area contributed by atoms with Crippen LogP contribution in [0.5, 0.6) is 0 Å². The molecule has 0 spiro atoms. The van der Waals surface area contributed by atoms with Crippen molar-refractivity contribution >= 4 is 11.6 Å². The van der Waals surface area contributed by atoms with Gasteiger partial charge in [0.15, 0.2) is 0 Å². The van der Waals surface area contributed by atoms with Crippen LogP contribution in [0.4, 0.5) is 5.69 Å². The molecule has 0 aliphatic rings. The van der Waals surface area contributed by atoms with Gasteiger partial charge >= 0.3 is 0 Å². The molecule has 0 saturated carbocycles. The minimum Gasteiger partial charge on any atom is -0.325 e. The van der Waals surface area contributed by atoms with Crippen LogP contribution in [-0.2, 0) is 10.2 Å². The lowest BCUT2D eigenvalue weighted by atomic mass is 9.87. The molecule has 1 amide bonds. The van der Waals surface area contributed by atoms with E-state index in [0.29, 0.717) is 12.6 Å². The van der Waals surface area contributed by atoms with E-state index in [0.717, 1.165) is 12.1 Å². The van der Waals surface area contributed by atoms with Crippen molar-refractivity contribution in [2.45, 2.75) is 52.5 Å². The van der Waals surface area contributed by atoms with Crippen molar-refractivity contribution in [1.29, 1.82) is 0 Å². The zero-order chi connectivity index (χ0) is 15.3. The molecule has 1 atom stereocenters. The number of rotatable bonds is 5. The summed E-state index contributed by atoms with van der Waals surface area (Å²) in [6.07, 6.45) is 1.05. The highest BCUT2D eigenvalue weighted by Gasteiger charge is 2.14. The van der Waals surface area contributed by atoms with Gasteiger partial charge in [-0.15, -0.1) is 0 Å². The summed E-state index contributed by atoms with van der Waals surface area (Å²) in [7, 11) is 1.98. The lowest BCUT2D eigenvalue weighted by molar-refractivity contribution is -0.117. The molecule has 0 heterocycles. The van der Waals surface area contributed by atoms with Crippen LogP contribution < -0.4 is 5.32 Å². The Labute approximate surface area is 123 Å². The Kier molecular flexibility index (Phi) is 5.75. The summed E-state index contributed by atoms with van der Waals surface area (Å²) in [6.45, 7) is 11.2. The topological polar surface area (TPSA) is 32.3 Å². The Bertz CT molecular complexity index is 431. The first-order chi connectivity index (χ1) is 9.24. The van der Waals surface area contributed by atoms with Gasteiger partial charge in [-0.25, -0.2) is 0 Å². The first-order valence-corrected chi connectivity index (χ1v) is 7.34. The van der Waals surface area contributed by atoms with E-state index >= 15 is 0 Å². The van der Waals surface area contributed by atoms with Gasteiger partial charge in [0.05, 0.1) is 6.54 Å². The third kappa shape index (κ3) is 4.97. The molecule has 0 aliphatic carbocycles. The highest BCUT2D eigenvalue weighted by Crippen LogP contribution is 2.23. The fraction of sp³-hybridized carbons (Fsp3) is 0.588. The number of carbonyl (C=O) groups is 1. The van der Waals surface area contributed by atoms with Crippen molar-refractivity contribution in [3.8, 4) is 0 Å². The smallest absolute Gasteiger partial charge is 0.238 e. The number of hydrogen-bond acceptors (Lipinski definition) is 2. The van der Waals surface area contributed by atoms with Crippen LogP contribution in [-0.4, -0.2) is 30.4 Å². The van der Waals surface area contributed by atoms with Gasteiger partial charge in [0.2, 0.25) is 5.91 Å². The van der Waals surface area contributed by atoms with E-state index in [-0.39, 0.29) is 11.3 Å². The normalized spacial score (nSPS) is 13.3. The molecule has 1 unspecified atom stereocenters. The summed E-state index contributed by atoms with van der Waals surface area (Å²) >= 11 is 0. The van der Waals surface area contributed by atoms with Gasteiger partial charge in [-0.2, -0.15) is 0 Å². The van der Waals surface area contributed by atoms with Crippen LogP contribution in [0.1, 0.15) is 46.6 Å². The van der Waals surface area contributed by atoms with Gasteiger partial charge in [0.1, 0.15) is 0 Å². The quantitative estimate of drug-likeness (QED) is 0.890. The van der Waals surface area contributed by atoms with Gasteiger partial charge in [-0.3, -0.25) is 9.69 Å². The van der Waals surface area contributed by atoms with E-state index in [2.05, 4.69) is 57.0 Å². The van der Waals surface area contributed by atoms with E-state index in [9.17, 15) is 4.79 Å². The van der Waals surface area contributed by atoms with Crippen molar-refractivity contribution in [3.05, 3.63) is 29.8 Å². The number of nitrogens with zero attached hydrogens (tertiary/aromatic N) is 1. The summed E-state index contributed by atoms with van der Waals surface area (Å²) in [5, 5.41) is 2.95. The number of likely N-dealkylation sites (N-methyl/N-ethyl adjacent to an activating group) is 1. The molecule has 1 rings (SSSR count). The maximum atomic E-state index is 12.0. The predicted molar refractivity (Wildman–Crippen MR) is 86.2 cm³/mol. The summed E-state index contributed by atoms with van der Waals surface area (Å²) in [6, 6.07) is 8.52. The molecule has 3 heteroatoms. The molecule has 3 nitrogen and oxygen atoms in total. The van der Waals surface area contributed by atoms with Crippen LogP contribution in [0.2, 0.25) is 0 Å². The molecule has 1 aromatic rings. The third-order valence-corrected chi connectivity index (χ3v) is 3.77. The maximum Gasteiger partial charge on any atom is 0.238 e. The summed E-state index contributed by atoms with van der Waals surface area (Å²) in [5.41, 5.74) is 2.27. The molecule has 0 fully saturated rings. The molecular weight excluding hydrogens is 248 g/mol. The Morgan fingerprint density at radius 2 is 1.80 bits per heavy atom. The largest absolute Gasteiger partial charge is 0.325 e. The third-order valence-electron chi connectivity index (χ3n) is 3.77. The maximum absolute atomic E-state index is 12.0. The van der Waals surface area contributed by atoms with Crippen LogP contribution >= 0.6 is 0 Å². The Balaban J connectivity index is 2.59. The second-order valence-electron chi connectivity index (χ2n) is 6.55. The number of nitrogens with one attached hydrogen (secondary N) is 1. The summed E-state index contributed by atoms with van der Waals surface area (Å²) in [5.74, 6) is 0.0382. The molecule has 0 saturated heterocycles. The highest BCUT2D eigenvalue weighted by molar-refractivity contribution is 5.92. The fourth-order valence-electron chi connectivity index (χ4n) is 1.95. The zero-order valence-electron chi connectivity index (χ0n) is 13.7. The summed E-state index contributed by atoms with van der Waals surface area (Å²) in [4.78, 5) is 14.0. The number of hydrogen-bond donors (Lipinski definition) is 1. The molecule has 0 bridgehead atoms. The van der Waals surface area contributed by atoms with E-state index in [1.807, 2.05) is 19.2 Å². The van der Waals surface area contributed by atoms with E-state index in [1.165, 1.54) is 5.56 Å². The van der Waals surface area contributed by atoms with Gasteiger partial charge in [0.25, 0.3) is 0 Å². The average molecular weight is 276 g/mol. The molecule has 1 N–H and O–H groups in total. The molecule has 1 aromatic carbocycles. The molecule has 112 valence electrons. The van der Waals surface area contributed by atoms with Crippen molar-refractivity contribution in [3.63, 3.8) is 0 Å². The molecular formula is C17H28N2O. The van der Waals surface area contributed by atoms with Crippen LogP contribution in [0.15, 0.2) is 24.3 Å². The second-order valence-corrected chi connectivity index (χ2v) is 6.55. The molecule has 0 aliphatic heterocycles. The van der Waals surface area contributed by atoms with E-state index in [4.69, 9.17) is 0 Å². The lowest BCUT2D eigenvalue weighted by Crippen LogP contribution is -2.36. The van der Waals surface area contributed by atoms with Crippen molar-refractivity contribution in [2.24, 2.45) is 0 Å². The van der Waals surface area contributed by atoms with Crippen molar-refractivity contribution in [2.75, 3.05) is 18.9 Å². The standard InChI is InChI=1S/C17H28N2O/c1-7-13(2)19(6)12-16(20)18-15-10-8-14(9-11-15)17(3,4)5/h8-11,13H,7,12H2,1-6H3,(H,18,20). The highest BCUT2D eigenvalue weighted by atomic mass is 16.2. The molecule has 0 aromatic heterocycles. The lowest BCUT2D eigenvalue weighted by Gasteiger charge is -2.23. The van der Waals surface area contributed by atoms with Gasteiger partial charge in [-0.05, 0) is 43.5 Å². The first-order valence-electron chi connectivity index (χ1n) is 7.34. The number of amides is 1. The summed E-state index contributed by atoms with van der Waals surface area (Å²) < 4.78 is 0. The van der Waals surface area contributed by atoms with Crippen molar-refractivity contribution < 1.29 is 4.79 Å². The van der Waals surface area contributed by atoms with Gasteiger partial charge < -0.3 is 5.32 Å². The number of carbonyl (C=O) groups excluding carboxylic acids is 1. The number of benzene rings is 1. The predicted octanol–water partition coefficient (Wildman–Crippen LogP) is 3.65. The minimum atomic E-state index is 0.0382. The van der Waals surface area contributed by atoms with Crippen LogP contribution in [0, 0.1) is 0 Å². The molecule has 20 heavy (non-hydrogen) atoms. The molecule has 0 radical (unpaired) electrons. The number of anilines is 1. The Morgan fingerprint density at radius 3 is 2.25 bits per heavy atom. The first kappa shape index (κ1) is 16.7. The van der Waals surface area contributed by atoms with Crippen molar-refractivity contribution in [1.82, 2.24) is 4.90 Å². The monoisotopic (exact) mass is 276 g/mol. The Morgan fingerprint density at radius 1 is 1.25 bits per heavy atom. The average Bonchev–Trinajstić information content (AvgIpc) is 2.37. The van der Waals surface area contributed by atoms with Crippen LogP contribution in [0.3, 0.4) is 0 Å². The SMILES string of the molecule is CCC(C)N(C)CC(=O)Nc1ccc(C(C)(C)C)cc1. The van der Waals surface area contributed by atoms with E-state index < -0.39 is 0 Å². The fourth-order valence-corrected chi connectivity index (χ4v) is 1.95. The minimum absolute atomic E-state index is 0.0382. The van der Waals surface area contributed by atoms with Gasteiger partial charge in [0, 0.05) is 11.7 Å². The van der Waals surface area contributed by atoms with Gasteiger partial charge in [-0.1, -0.05) is 39.8 Å². The van der Waals surface area contributed by atoms with E-state index in [1.54, 1.807) is 0 Å².